The highest BCUT2D eigenvalue weighted by Gasteiger charge is 2.08. The topological polar surface area (TPSA) is 57.8 Å². The fourth-order valence-electron chi connectivity index (χ4n) is 1.82. The molecule has 3 aromatic rings. The zero-order valence-electron chi connectivity index (χ0n) is 10.0. The second-order valence-electron chi connectivity index (χ2n) is 4.00. The quantitative estimate of drug-likeness (QED) is 0.712. The monoisotopic (exact) mass is 293 g/mol. The SMILES string of the molecule is CNc1ccc(-c2nc3ccc(=[18O])[nH]c3s2)cc1Cl. The van der Waals surface area contributed by atoms with Crippen molar-refractivity contribution in [2.24, 2.45) is 0 Å². The minimum Gasteiger partial charge on any atom is -0.387 e. The van der Waals surface area contributed by atoms with Gasteiger partial charge in [0.2, 0.25) is 5.56 Å². The Morgan fingerprint density at radius 1 is 1.32 bits per heavy atom. The van der Waals surface area contributed by atoms with Gasteiger partial charge in [-0.3, -0.25) is 4.79 Å². The van der Waals surface area contributed by atoms with Gasteiger partial charge in [0.05, 0.1) is 16.2 Å². The Balaban J connectivity index is 2.13. The molecular formula is C13H10ClN3OS. The van der Waals surface area contributed by atoms with Gasteiger partial charge in [0, 0.05) is 18.7 Å². The first-order chi connectivity index (χ1) is 9.17. The molecule has 0 saturated heterocycles. The highest BCUT2D eigenvalue weighted by molar-refractivity contribution is 7.21. The fourth-order valence-corrected chi connectivity index (χ4v) is 3.04. The number of H-pyrrole nitrogens is 1. The van der Waals surface area contributed by atoms with E-state index in [1.54, 1.807) is 6.07 Å². The minimum absolute atomic E-state index is 0.119. The first kappa shape index (κ1) is 12.2. The number of thiazole rings is 1. The molecule has 3 rings (SSSR count). The smallest absolute Gasteiger partial charge is 0.249 e. The predicted octanol–water partition coefficient (Wildman–Crippen LogP) is 3.35. The summed E-state index contributed by atoms with van der Waals surface area (Å²) in [6, 6.07) is 8.92. The first-order valence-electron chi connectivity index (χ1n) is 5.65. The fraction of sp³-hybridized carbons (Fsp3) is 0.0769. The van der Waals surface area contributed by atoms with Crippen LogP contribution in [0, 0.1) is 0 Å². The molecule has 0 atom stereocenters. The maximum absolute atomic E-state index is 11.3. The van der Waals surface area contributed by atoms with Gasteiger partial charge >= 0.3 is 0 Å². The maximum atomic E-state index is 11.3. The van der Waals surface area contributed by atoms with Crippen LogP contribution in [0.4, 0.5) is 5.69 Å². The van der Waals surface area contributed by atoms with Gasteiger partial charge in [-0.1, -0.05) is 22.9 Å². The van der Waals surface area contributed by atoms with Crippen molar-refractivity contribution in [3.8, 4) is 10.6 Å². The molecule has 2 N–H and O–H groups in total. The van der Waals surface area contributed by atoms with Crippen LogP contribution < -0.4 is 10.9 Å². The van der Waals surface area contributed by atoms with Gasteiger partial charge in [0.1, 0.15) is 9.84 Å². The number of pyridine rings is 1. The number of aromatic amines is 1. The number of aromatic nitrogens is 2. The van der Waals surface area contributed by atoms with E-state index in [1.165, 1.54) is 17.4 Å². The average molecular weight is 294 g/mol. The van der Waals surface area contributed by atoms with E-state index in [9.17, 15) is 4.79 Å². The van der Waals surface area contributed by atoms with Crippen molar-refractivity contribution < 1.29 is 0 Å². The first-order valence-corrected chi connectivity index (χ1v) is 6.84. The average Bonchev–Trinajstić information content (AvgIpc) is 2.81. The van der Waals surface area contributed by atoms with Gasteiger partial charge in [0.25, 0.3) is 0 Å². The summed E-state index contributed by atoms with van der Waals surface area (Å²) in [5.74, 6) is 0. The van der Waals surface area contributed by atoms with Crippen LogP contribution in [0.25, 0.3) is 20.9 Å². The van der Waals surface area contributed by atoms with Crippen LogP contribution in [0.2, 0.25) is 5.02 Å². The number of rotatable bonds is 2. The number of halogens is 1. The van der Waals surface area contributed by atoms with E-state index in [1.807, 2.05) is 25.2 Å². The summed E-state index contributed by atoms with van der Waals surface area (Å²) in [5.41, 5.74) is 2.48. The lowest BCUT2D eigenvalue weighted by molar-refractivity contribution is 1.31. The molecule has 0 fully saturated rings. The lowest BCUT2D eigenvalue weighted by atomic mass is 10.2. The van der Waals surface area contributed by atoms with Crippen LogP contribution in [0.5, 0.6) is 0 Å². The summed E-state index contributed by atoms with van der Waals surface area (Å²) >= 11 is 7.60. The second-order valence-corrected chi connectivity index (χ2v) is 5.41. The van der Waals surface area contributed by atoms with Gasteiger partial charge in [0.15, 0.2) is 0 Å². The third kappa shape index (κ3) is 2.22. The maximum Gasteiger partial charge on any atom is 0.249 e. The number of nitrogens with zero attached hydrogens (tertiary/aromatic N) is 1. The van der Waals surface area contributed by atoms with Crippen LogP contribution in [-0.2, 0) is 0 Å². The molecule has 0 amide bonds. The van der Waals surface area contributed by atoms with E-state index in [4.69, 9.17) is 11.6 Å². The van der Waals surface area contributed by atoms with E-state index >= 15 is 0 Å². The highest BCUT2D eigenvalue weighted by atomic mass is 35.5. The standard InChI is InChI=1S/C13H10ClN3OS/c1-15-9-3-2-7(6-8(9)14)12-16-10-4-5-11(18)17-13(10)19-12/h2-6,15H,1H3,(H,17,18)/i18+2. The Morgan fingerprint density at radius 3 is 2.89 bits per heavy atom. The zero-order valence-corrected chi connectivity index (χ0v) is 11.6. The molecular weight excluding hydrogens is 284 g/mol. The van der Waals surface area contributed by atoms with Crippen molar-refractivity contribution in [3.05, 3.63) is 45.7 Å². The van der Waals surface area contributed by atoms with Crippen LogP contribution in [0.15, 0.2) is 35.1 Å². The number of anilines is 1. The van der Waals surface area contributed by atoms with Crippen LogP contribution in [0.3, 0.4) is 0 Å². The molecule has 2 heterocycles. The molecule has 0 saturated carbocycles. The zero-order chi connectivity index (χ0) is 13.4. The molecule has 0 radical (unpaired) electrons. The van der Waals surface area contributed by atoms with Crippen molar-refractivity contribution >= 4 is 39.0 Å². The van der Waals surface area contributed by atoms with Gasteiger partial charge in [-0.05, 0) is 24.3 Å². The summed E-state index contributed by atoms with van der Waals surface area (Å²) < 4.78 is 0. The molecule has 0 aliphatic rings. The Morgan fingerprint density at radius 2 is 2.16 bits per heavy atom. The van der Waals surface area contributed by atoms with E-state index < -0.39 is 0 Å². The van der Waals surface area contributed by atoms with Crippen LogP contribution in [-0.4, -0.2) is 17.0 Å². The number of benzene rings is 1. The molecule has 96 valence electrons. The third-order valence-corrected chi connectivity index (χ3v) is 4.12. The lowest BCUT2D eigenvalue weighted by Gasteiger charge is -2.04. The van der Waals surface area contributed by atoms with Gasteiger partial charge < -0.3 is 10.3 Å². The molecule has 0 unspecified atom stereocenters. The molecule has 4 nitrogen and oxygen atoms in total. The Bertz CT molecular complexity index is 809. The van der Waals surface area contributed by atoms with E-state index in [-0.39, 0.29) is 5.56 Å². The number of fused-ring (bicyclic) bond motifs is 1. The van der Waals surface area contributed by atoms with Gasteiger partial charge in [-0.2, -0.15) is 0 Å². The van der Waals surface area contributed by atoms with E-state index in [2.05, 4.69) is 15.3 Å². The summed E-state index contributed by atoms with van der Waals surface area (Å²) in [4.78, 5) is 19.3. The van der Waals surface area contributed by atoms with Crippen molar-refractivity contribution in [2.75, 3.05) is 12.4 Å². The predicted molar refractivity (Wildman–Crippen MR) is 80.2 cm³/mol. The summed E-state index contributed by atoms with van der Waals surface area (Å²) in [7, 11) is 1.82. The van der Waals surface area contributed by atoms with Crippen LogP contribution in [0.1, 0.15) is 0 Å². The lowest BCUT2D eigenvalue weighted by Crippen LogP contribution is -2.00. The molecule has 6 heteroatoms. The molecule has 1 aromatic carbocycles. The molecule has 19 heavy (non-hydrogen) atoms. The molecule has 0 aliphatic carbocycles. The molecule has 0 bridgehead atoms. The number of nitrogens with one attached hydrogen (secondary N) is 2. The Hall–Kier alpha value is -1.85. The molecule has 2 aromatic heterocycles. The number of hydrogen-bond donors (Lipinski definition) is 2. The van der Waals surface area contributed by atoms with E-state index in [0.29, 0.717) is 5.02 Å². The van der Waals surface area contributed by atoms with Crippen molar-refractivity contribution in [2.45, 2.75) is 0 Å². The number of hydrogen-bond acceptors (Lipinski definition) is 4. The summed E-state index contributed by atoms with van der Waals surface area (Å²) in [5, 5.41) is 4.49. The minimum atomic E-state index is -0.119. The van der Waals surface area contributed by atoms with Crippen molar-refractivity contribution in [1.29, 1.82) is 0 Å². The highest BCUT2D eigenvalue weighted by Crippen LogP contribution is 2.32. The molecule has 0 aliphatic heterocycles. The largest absolute Gasteiger partial charge is 0.387 e. The second kappa shape index (κ2) is 4.68. The Kier molecular flexibility index (Phi) is 3.00. The van der Waals surface area contributed by atoms with Crippen molar-refractivity contribution in [1.82, 2.24) is 9.97 Å². The van der Waals surface area contributed by atoms with Crippen LogP contribution >= 0.6 is 22.9 Å². The van der Waals surface area contributed by atoms with E-state index in [0.717, 1.165) is 26.6 Å². The van der Waals surface area contributed by atoms with Gasteiger partial charge in [-0.25, -0.2) is 4.98 Å². The normalized spacial score (nSPS) is 10.8. The van der Waals surface area contributed by atoms with Gasteiger partial charge in [-0.15, -0.1) is 0 Å². The summed E-state index contributed by atoms with van der Waals surface area (Å²) in [6.45, 7) is 0. The molecule has 0 spiro atoms. The Labute approximate surface area is 118 Å². The third-order valence-electron chi connectivity index (χ3n) is 2.77. The summed E-state index contributed by atoms with van der Waals surface area (Å²) in [6.07, 6.45) is 0. The van der Waals surface area contributed by atoms with Crippen molar-refractivity contribution in [3.63, 3.8) is 0 Å².